The number of carbonyl (C=O) groups excluding carboxylic acids is 1. The van der Waals surface area contributed by atoms with Crippen LogP contribution >= 0.6 is 0 Å². The molecule has 29 heavy (non-hydrogen) atoms. The molecule has 2 aliphatic rings. The Bertz CT molecular complexity index is 657. The van der Waals surface area contributed by atoms with Crippen molar-refractivity contribution < 1.29 is 14.6 Å². The Balaban J connectivity index is 1.49. The number of ether oxygens (including phenoxy) is 1. The Morgan fingerprint density at radius 3 is 2.52 bits per heavy atom. The molecule has 1 aromatic heterocycles. The molecule has 9 heteroatoms. The normalized spacial score (nSPS) is 19.9. The van der Waals surface area contributed by atoms with Crippen molar-refractivity contribution in [2.75, 3.05) is 72.1 Å². The molecule has 1 amide bonds. The van der Waals surface area contributed by atoms with Gasteiger partial charge in [0.2, 0.25) is 5.91 Å². The van der Waals surface area contributed by atoms with Crippen LogP contribution in [0, 0.1) is 0 Å². The third-order valence-electron chi connectivity index (χ3n) is 5.23. The quantitative estimate of drug-likeness (QED) is 0.490. The highest BCUT2D eigenvalue weighted by Crippen LogP contribution is 2.12. The third kappa shape index (κ3) is 6.38. The number of aliphatic hydroxyl groups excluding tert-OH is 1. The summed E-state index contributed by atoms with van der Waals surface area (Å²) in [5.74, 6) is 0.988. The minimum absolute atomic E-state index is 0.183. The summed E-state index contributed by atoms with van der Waals surface area (Å²) in [6.45, 7) is 9.42. The van der Waals surface area contributed by atoms with Gasteiger partial charge in [-0.15, -0.1) is 0 Å². The lowest BCUT2D eigenvalue weighted by Gasteiger charge is -2.37. The van der Waals surface area contributed by atoms with E-state index in [1.54, 1.807) is 24.5 Å². The largest absolute Gasteiger partial charge is 0.386 e. The fourth-order valence-corrected chi connectivity index (χ4v) is 3.51. The van der Waals surface area contributed by atoms with E-state index in [0.717, 1.165) is 44.2 Å². The zero-order valence-corrected chi connectivity index (χ0v) is 17.2. The van der Waals surface area contributed by atoms with Crippen LogP contribution in [0.15, 0.2) is 29.5 Å². The summed E-state index contributed by atoms with van der Waals surface area (Å²) < 4.78 is 5.32. The number of aromatic nitrogens is 1. The van der Waals surface area contributed by atoms with Crippen molar-refractivity contribution in [3.05, 3.63) is 30.1 Å². The molecule has 0 bridgehead atoms. The molecule has 1 unspecified atom stereocenters. The van der Waals surface area contributed by atoms with E-state index in [-0.39, 0.29) is 5.91 Å². The molecular weight excluding hydrogens is 372 g/mol. The Morgan fingerprint density at radius 1 is 1.17 bits per heavy atom. The van der Waals surface area contributed by atoms with Gasteiger partial charge in [0.1, 0.15) is 0 Å². The van der Waals surface area contributed by atoms with Gasteiger partial charge in [-0.2, -0.15) is 0 Å². The van der Waals surface area contributed by atoms with Crippen LogP contribution in [0.1, 0.15) is 18.6 Å². The summed E-state index contributed by atoms with van der Waals surface area (Å²) in [5, 5.41) is 13.7. The molecule has 160 valence electrons. The number of nitrogens with zero attached hydrogens (tertiary/aromatic N) is 5. The van der Waals surface area contributed by atoms with Gasteiger partial charge in [0.05, 0.1) is 32.4 Å². The number of piperazine rings is 1. The molecule has 2 fully saturated rings. The van der Waals surface area contributed by atoms with Crippen LogP contribution in [0.5, 0.6) is 0 Å². The zero-order valence-electron chi connectivity index (χ0n) is 17.2. The van der Waals surface area contributed by atoms with Crippen LogP contribution in [-0.2, 0) is 9.53 Å². The van der Waals surface area contributed by atoms with Crippen LogP contribution < -0.4 is 5.32 Å². The first-order chi connectivity index (χ1) is 14.2. The molecule has 3 rings (SSSR count). The minimum Gasteiger partial charge on any atom is -0.386 e. The number of morpholine rings is 1. The second-order valence-electron chi connectivity index (χ2n) is 7.25. The smallest absolute Gasteiger partial charge is 0.236 e. The molecule has 3 heterocycles. The van der Waals surface area contributed by atoms with Gasteiger partial charge in [0.15, 0.2) is 5.96 Å². The van der Waals surface area contributed by atoms with Gasteiger partial charge < -0.3 is 25.0 Å². The van der Waals surface area contributed by atoms with E-state index in [1.807, 2.05) is 11.8 Å². The van der Waals surface area contributed by atoms with Crippen LogP contribution in [0.25, 0.3) is 0 Å². The van der Waals surface area contributed by atoms with Crippen molar-refractivity contribution in [1.82, 2.24) is 25.0 Å². The molecule has 1 aromatic rings. The molecule has 0 aromatic carbocycles. The number of hydrogen-bond donors (Lipinski definition) is 2. The van der Waals surface area contributed by atoms with Crippen LogP contribution in [0.4, 0.5) is 0 Å². The first-order valence-electron chi connectivity index (χ1n) is 10.4. The fourth-order valence-electron chi connectivity index (χ4n) is 3.51. The topological polar surface area (TPSA) is 93.5 Å². The van der Waals surface area contributed by atoms with E-state index >= 15 is 0 Å². The van der Waals surface area contributed by atoms with Gasteiger partial charge >= 0.3 is 0 Å². The Kier molecular flexibility index (Phi) is 8.21. The molecule has 2 N–H and O–H groups in total. The maximum atomic E-state index is 12.4. The Labute approximate surface area is 172 Å². The van der Waals surface area contributed by atoms with Gasteiger partial charge in [0, 0.05) is 58.2 Å². The number of aliphatic imine (C=N–C) groups is 1. The van der Waals surface area contributed by atoms with E-state index < -0.39 is 6.10 Å². The molecule has 2 aliphatic heterocycles. The SMILES string of the molecule is CCNC(=NCC(O)c1ccncc1)N1CCN(CC(=O)N2CCOCC2)CC1. The number of rotatable bonds is 6. The van der Waals surface area contributed by atoms with Crippen molar-refractivity contribution in [2.45, 2.75) is 13.0 Å². The number of aliphatic hydroxyl groups is 1. The van der Waals surface area contributed by atoms with Gasteiger partial charge in [-0.05, 0) is 24.6 Å². The maximum Gasteiger partial charge on any atom is 0.236 e. The summed E-state index contributed by atoms with van der Waals surface area (Å²) in [6, 6.07) is 3.61. The second kappa shape index (κ2) is 11.1. The molecule has 0 spiro atoms. The molecule has 2 saturated heterocycles. The Hall–Kier alpha value is -2.23. The number of hydrogen-bond acceptors (Lipinski definition) is 6. The van der Waals surface area contributed by atoms with Gasteiger partial charge in [0.25, 0.3) is 0 Å². The van der Waals surface area contributed by atoms with E-state index in [9.17, 15) is 9.90 Å². The number of nitrogens with one attached hydrogen (secondary N) is 1. The maximum absolute atomic E-state index is 12.4. The van der Waals surface area contributed by atoms with Gasteiger partial charge in [-0.3, -0.25) is 19.7 Å². The molecule has 0 aliphatic carbocycles. The standard InChI is InChI=1S/C20H32N6O3/c1-2-22-20(23-15-18(27)17-3-5-21-6-4-17)26-9-7-24(8-10-26)16-19(28)25-11-13-29-14-12-25/h3-6,18,27H,2,7-16H2,1H3,(H,22,23). The lowest BCUT2D eigenvalue weighted by molar-refractivity contribution is -0.136. The number of pyridine rings is 1. The highest BCUT2D eigenvalue weighted by Gasteiger charge is 2.24. The van der Waals surface area contributed by atoms with Crippen LogP contribution in [-0.4, -0.2) is 109 Å². The predicted octanol–water partition coefficient (Wildman–Crippen LogP) is -0.443. The summed E-state index contributed by atoms with van der Waals surface area (Å²) in [7, 11) is 0. The zero-order chi connectivity index (χ0) is 20.5. The van der Waals surface area contributed by atoms with Crippen molar-refractivity contribution in [2.24, 2.45) is 4.99 Å². The lowest BCUT2D eigenvalue weighted by Crippen LogP contribution is -2.55. The van der Waals surface area contributed by atoms with Gasteiger partial charge in [-0.25, -0.2) is 0 Å². The molecule has 0 radical (unpaired) electrons. The fraction of sp³-hybridized carbons (Fsp3) is 0.650. The summed E-state index contributed by atoms with van der Waals surface area (Å²) in [6.07, 6.45) is 2.69. The van der Waals surface area contributed by atoms with E-state index in [2.05, 4.69) is 25.1 Å². The molecule has 0 saturated carbocycles. The highest BCUT2D eigenvalue weighted by atomic mass is 16.5. The van der Waals surface area contributed by atoms with Crippen molar-refractivity contribution in [3.63, 3.8) is 0 Å². The first-order valence-corrected chi connectivity index (χ1v) is 10.4. The molecule has 1 atom stereocenters. The van der Waals surface area contributed by atoms with E-state index in [1.165, 1.54) is 0 Å². The lowest BCUT2D eigenvalue weighted by atomic mass is 10.1. The third-order valence-corrected chi connectivity index (χ3v) is 5.23. The van der Waals surface area contributed by atoms with E-state index in [4.69, 9.17) is 4.74 Å². The molecular formula is C20H32N6O3. The summed E-state index contributed by atoms with van der Waals surface area (Å²) >= 11 is 0. The average Bonchev–Trinajstić information content (AvgIpc) is 2.78. The number of carbonyl (C=O) groups is 1. The number of guanidine groups is 1. The van der Waals surface area contributed by atoms with E-state index in [0.29, 0.717) is 39.4 Å². The monoisotopic (exact) mass is 404 g/mol. The van der Waals surface area contributed by atoms with Crippen molar-refractivity contribution >= 4 is 11.9 Å². The second-order valence-corrected chi connectivity index (χ2v) is 7.25. The first kappa shape index (κ1) is 21.5. The average molecular weight is 405 g/mol. The van der Waals surface area contributed by atoms with Gasteiger partial charge in [-0.1, -0.05) is 0 Å². The van der Waals surface area contributed by atoms with Crippen molar-refractivity contribution in [3.8, 4) is 0 Å². The van der Waals surface area contributed by atoms with Crippen LogP contribution in [0.3, 0.4) is 0 Å². The van der Waals surface area contributed by atoms with Crippen molar-refractivity contribution in [1.29, 1.82) is 0 Å². The highest BCUT2D eigenvalue weighted by molar-refractivity contribution is 5.80. The summed E-state index contributed by atoms with van der Waals surface area (Å²) in [5.41, 5.74) is 0.811. The minimum atomic E-state index is -0.654. The van der Waals surface area contributed by atoms with Crippen LogP contribution in [0.2, 0.25) is 0 Å². The Morgan fingerprint density at radius 2 is 1.86 bits per heavy atom. The molecule has 9 nitrogen and oxygen atoms in total. The predicted molar refractivity (Wildman–Crippen MR) is 111 cm³/mol. The number of amides is 1. The summed E-state index contributed by atoms with van der Waals surface area (Å²) in [4.78, 5) is 27.3.